The Balaban J connectivity index is 1.75. The van der Waals surface area contributed by atoms with Crippen LogP contribution in [0.3, 0.4) is 0 Å². The third-order valence-electron chi connectivity index (χ3n) is 4.07. The highest BCUT2D eigenvalue weighted by molar-refractivity contribution is 6.35. The summed E-state index contributed by atoms with van der Waals surface area (Å²) in [7, 11) is 0. The third-order valence-corrected chi connectivity index (χ3v) is 4.07. The van der Waals surface area contributed by atoms with Crippen LogP contribution in [0.2, 0.25) is 0 Å². The Morgan fingerprint density at radius 1 is 1.11 bits per heavy atom. The molecule has 0 atom stereocenters. The fourth-order valence-electron chi connectivity index (χ4n) is 2.96. The Morgan fingerprint density at radius 3 is 2.32 bits per heavy atom. The van der Waals surface area contributed by atoms with Gasteiger partial charge in [-0.3, -0.25) is 14.5 Å². The molecule has 6 nitrogen and oxygen atoms in total. The van der Waals surface area contributed by atoms with Gasteiger partial charge < -0.3 is 16.0 Å². The molecule has 2 rings (SSSR count). The first kappa shape index (κ1) is 14.3. The van der Waals surface area contributed by atoms with Crippen molar-refractivity contribution in [3.63, 3.8) is 0 Å². The van der Waals surface area contributed by atoms with Crippen LogP contribution >= 0.6 is 0 Å². The van der Waals surface area contributed by atoms with E-state index in [-0.39, 0.29) is 0 Å². The van der Waals surface area contributed by atoms with Crippen molar-refractivity contribution in [2.24, 2.45) is 5.73 Å². The molecule has 2 aliphatic rings. The van der Waals surface area contributed by atoms with Gasteiger partial charge in [0.05, 0.1) is 0 Å². The highest BCUT2D eigenvalue weighted by Gasteiger charge is 2.29. The van der Waals surface area contributed by atoms with E-state index in [2.05, 4.69) is 10.2 Å². The molecule has 2 fully saturated rings. The topological polar surface area (TPSA) is 78.7 Å². The molecular formula is C13H24N4O2. The smallest absolute Gasteiger partial charge is 0.311 e. The summed E-state index contributed by atoms with van der Waals surface area (Å²) in [6.45, 7) is 3.80. The van der Waals surface area contributed by atoms with Crippen LogP contribution in [0.1, 0.15) is 25.7 Å². The number of hydrogen-bond acceptors (Lipinski definition) is 4. The largest absolute Gasteiger partial charge is 0.347 e. The maximum atomic E-state index is 11.9. The van der Waals surface area contributed by atoms with Gasteiger partial charge in [0.15, 0.2) is 0 Å². The maximum Gasteiger partial charge on any atom is 0.311 e. The first-order valence-electron chi connectivity index (χ1n) is 7.23. The van der Waals surface area contributed by atoms with E-state index < -0.39 is 11.8 Å². The molecular weight excluding hydrogens is 244 g/mol. The summed E-state index contributed by atoms with van der Waals surface area (Å²) < 4.78 is 0. The Labute approximate surface area is 114 Å². The zero-order valence-corrected chi connectivity index (χ0v) is 11.4. The second kappa shape index (κ2) is 6.86. The number of amides is 2. The number of piperazine rings is 1. The van der Waals surface area contributed by atoms with Gasteiger partial charge in [-0.05, 0) is 12.8 Å². The Kier molecular flexibility index (Phi) is 5.15. The number of carbonyl (C=O) groups is 2. The van der Waals surface area contributed by atoms with Crippen LogP contribution in [-0.4, -0.2) is 66.9 Å². The monoisotopic (exact) mass is 268 g/mol. The molecule has 0 aromatic carbocycles. The van der Waals surface area contributed by atoms with Gasteiger partial charge in [-0.1, -0.05) is 12.8 Å². The minimum absolute atomic E-state index is 0.354. The fourth-order valence-corrected chi connectivity index (χ4v) is 2.96. The highest BCUT2D eigenvalue weighted by atomic mass is 16.2. The second-order valence-electron chi connectivity index (χ2n) is 5.31. The van der Waals surface area contributed by atoms with Crippen molar-refractivity contribution in [3.8, 4) is 0 Å². The second-order valence-corrected chi connectivity index (χ2v) is 5.31. The van der Waals surface area contributed by atoms with Crippen LogP contribution in [0.5, 0.6) is 0 Å². The van der Waals surface area contributed by atoms with Crippen LogP contribution < -0.4 is 11.1 Å². The summed E-state index contributed by atoms with van der Waals surface area (Å²) in [4.78, 5) is 27.6. The molecule has 3 N–H and O–H groups in total. The molecule has 0 aromatic rings. The molecule has 0 radical (unpaired) electrons. The minimum atomic E-state index is -0.528. The van der Waals surface area contributed by atoms with E-state index in [4.69, 9.17) is 5.73 Å². The first-order valence-corrected chi connectivity index (χ1v) is 7.23. The van der Waals surface area contributed by atoms with E-state index in [0.717, 1.165) is 13.1 Å². The van der Waals surface area contributed by atoms with Gasteiger partial charge in [0.25, 0.3) is 0 Å². The van der Waals surface area contributed by atoms with E-state index in [1.165, 1.54) is 25.7 Å². The molecule has 1 saturated carbocycles. The van der Waals surface area contributed by atoms with E-state index in [1.54, 1.807) is 4.90 Å². The molecule has 0 bridgehead atoms. The van der Waals surface area contributed by atoms with Crippen molar-refractivity contribution in [3.05, 3.63) is 0 Å². The van der Waals surface area contributed by atoms with E-state index in [1.807, 2.05) is 0 Å². The average Bonchev–Trinajstić information content (AvgIpc) is 2.98. The lowest BCUT2D eigenvalue weighted by atomic mass is 10.2. The Morgan fingerprint density at radius 2 is 1.74 bits per heavy atom. The third kappa shape index (κ3) is 3.67. The summed E-state index contributed by atoms with van der Waals surface area (Å²) in [5, 5.41) is 2.53. The van der Waals surface area contributed by atoms with Crippen molar-refractivity contribution in [1.29, 1.82) is 0 Å². The predicted octanol–water partition coefficient (Wildman–Crippen LogP) is -0.852. The summed E-state index contributed by atoms with van der Waals surface area (Å²) >= 11 is 0. The van der Waals surface area contributed by atoms with Gasteiger partial charge in [-0.25, -0.2) is 0 Å². The average molecular weight is 268 g/mol. The van der Waals surface area contributed by atoms with Crippen molar-refractivity contribution in [1.82, 2.24) is 15.1 Å². The van der Waals surface area contributed by atoms with Gasteiger partial charge in [0.2, 0.25) is 0 Å². The number of hydrogen-bond donors (Lipinski definition) is 2. The molecule has 0 aromatic heterocycles. The van der Waals surface area contributed by atoms with Gasteiger partial charge in [0, 0.05) is 45.3 Å². The lowest BCUT2D eigenvalue weighted by Crippen LogP contribution is -2.54. The van der Waals surface area contributed by atoms with Crippen LogP contribution in [-0.2, 0) is 9.59 Å². The minimum Gasteiger partial charge on any atom is -0.347 e. The van der Waals surface area contributed by atoms with Crippen molar-refractivity contribution in [2.75, 3.05) is 39.3 Å². The predicted molar refractivity (Wildman–Crippen MR) is 72.5 cm³/mol. The van der Waals surface area contributed by atoms with Crippen LogP contribution in [0.25, 0.3) is 0 Å². The molecule has 0 unspecified atom stereocenters. The van der Waals surface area contributed by atoms with Crippen LogP contribution in [0.4, 0.5) is 0 Å². The van der Waals surface area contributed by atoms with Crippen molar-refractivity contribution >= 4 is 11.8 Å². The van der Waals surface area contributed by atoms with Gasteiger partial charge in [-0.15, -0.1) is 0 Å². The quantitative estimate of drug-likeness (QED) is 0.653. The summed E-state index contributed by atoms with van der Waals surface area (Å²) in [5.74, 6) is -0.945. The maximum absolute atomic E-state index is 11.9. The first-order chi connectivity index (χ1) is 9.22. The molecule has 19 heavy (non-hydrogen) atoms. The van der Waals surface area contributed by atoms with Gasteiger partial charge in [-0.2, -0.15) is 0 Å². The molecule has 0 spiro atoms. The Bertz CT molecular complexity index is 321. The number of rotatable bonds is 3. The molecule has 1 aliphatic heterocycles. The van der Waals surface area contributed by atoms with Gasteiger partial charge >= 0.3 is 11.8 Å². The normalized spacial score (nSPS) is 21.6. The number of carbonyl (C=O) groups excluding carboxylic acids is 2. The van der Waals surface area contributed by atoms with Crippen molar-refractivity contribution < 1.29 is 9.59 Å². The van der Waals surface area contributed by atoms with E-state index in [0.29, 0.717) is 32.2 Å². The molecule has 108 valence electrons. The standard InChI is InChI=1S/C13H24N4O2/c14-5-6-15-12(18)13(19)17-9-7-16(8-10-17)11-3-1-2-4-11/h11H,1-10,14H2,(H,15,18). The molecule has 2 amide bonds. The number of nitrogens with one attached hydrogen (secondary N) is 1. The lowest BCUT2D eigenvalue weighted by Gasteiger charge is -2.37. The summed E-state index contributed by atoms with van der Waals surface area (Å²) in [6, 6.07) is 0.698. The molecule has 1 saturated heterocycles. The summed E-state index contributed by atoms with van der Waals surface area (Å²) in [6.07, 6.45) is 5.21. The number of nitrogens with two attached hydrogens (primary N) is 1. The fraction of sp³-hybridized carbons (Fsp3) is 0.846. The highest BCUT2D eigenvalue weighted by Crippen LogP contribution is 2.24. The molecule has 1 heterocycles. The molecule has 1 aliphatic carbocycles. The number of nitrogens with zero attached hydrogens (tertiary/aromatic N) is 2. The lowest BCUT2D eigenvalue weighted by molar-refractivity contribution is -0.147. The van der Waals surface area contributed by atoms with Crippen LogP contribution in [0, 0.1) is 0 Å². The van der Waals surface area contributed by atoms with E-state index >= 15 is 0 Å². The summed E-state index contributed by atoms with van der Waals surface area (Å²) in [5.41, 5.74) is 5.30. The Hall–Kier alpha value is -1.14. The molecule has 6 heteroatoms. The van der Waals surface area contributed by atoms with E-state index in [9.17, 15) is 9.59 Å². The van der Waals surface area contributed by atoms with Gasteiger partial charge in [0.1, 0.15) is 0 Å². The zero-order chi connectivity index (χ0) is 13.7. The zero-order valence-electron chi connectivity index (χ0n) is 11.4. The van der Waals surface area contributed by atoms with Crippen LogP contribution in [0.15, 0.2) is 0 Å². The SMILES string of the molecule is NCCNC(=O)C(=O)N1CCN(C2CCCC2)CC1. The van der Waals surface area contributed by atoms with Crippen molar-refractivity contribution in [2.45, 2.75) is 31.7 Å².